The normalized spacial score (nSPS) is 18.7. The van der Waals surface area contributed by atoms with Gasteiger partial charge in [-0.2, -0.15) is 0 Å². The summed E-state index contributed by atoms with van der Waals surface area (Å²) in [6, 6.07) is 9.79. The van der Waals surface area contributed by atoms with Gasteiger partial charge < -0.3 is 9.80 Å². The zero-order valence-corrected chi connectivity index (χ0v) is 12.4. The minimum atomic E-state index is -0.218. The molecule has 1 aliphatic heterocycles. The molecule has 0 bridgehead atoms. The fourth-order valence-electron chi connectivity index (χ4n) is 2.69. The lowest BCUT2D eigenvalue weighted by Crippen LogP contribution is -2.38. The standard InChI is InChI=1S/C16H22N2O2/c1-4-17(14-8-6-5-7-9-14)16(20)13-10-15(19)18(11-13)12(2)3/h5-9,12-13H,4,10-11H2,1-3H3/t13-/m1/s1. The van der Waals surface area contributed by atoms with Gasteiger partial charge in [-0.25, -0.2) is 0 Å². The van der Waals surface area contributed by atoms with Crippen LogP contribution in [0.5, 0.6) is 0 Å². The molecule has 0 spiro atoms. The highest BCUT2D eigenvalue weighted by molar-refractivity contribution is 5.99. The molecule has 0 aliphatic carbocycles. The van der Waals surface area contributed by atoms with Crippen LogP contribution in [0, 0.1) is 5.92 Å². The minimum Gasteiger partial charge on any atom is -0.339 e. The maximum absolute atomic E-state index is 12.6. The molecule has 0 saturated carbocycles. The molecule has 1 heterocycles. The second kappa shape index (κ2) is 6.07. The molecule has 4 nitrogen and oxygen atoms in total. The van der Waals surface area contributed by atoms with Crippen molar-refractivity contribution in [3.05, 3.63) is 30.3 Å². The number of anilines is 1. The fourth-order valence-corrected chi connectivity index (χ4v) is 2.69. The van der Waals surface area contributed by atoms with E-state index in [1.54, 1.807) is 9.80 Å². The van der Waals surface area contributed by atoms with E-state index in [0.717, 1.165) is 5.69 Å². The molecule has 0 radical (unpaired) electrons. The number of para-hydroxylation sites is 1. The molecule has 1 aromatic carbocycles. The molecule has 0 N–H and O–H groups in total. The summed E-state index contributed by atoms with van der Waals surface area (Å²) in [6.07, 6.45) is 0.334. The summed E-state index contributed by atoms with van der Waals surface area (Å²) in [4.78, 5) is 28.1. The summed E-state index contributed by atoms with van der Waals surface area (Å²) >= 11 is 0. The fraction of sp³-hybridized carbons (Fsp3) is 0.500. The molecule has 20 heavy (non-hydrogen) atoms. The first-order chi connectivity index (χ1) is 9.54. The zero-order valence-electron chi connectivity index (χ0n) is 12.4. The van der Waals surface area contributed by atoms with E-state index < -0.39 is 0 Å². The average molecular weight is 274 g/mol. The molecule has 1 aliphatic rings. The third-order valence-corrected chi connectivity index (χ3v) is 3.78. The van der Waals surface area contributed by atoms with Gasteiger partial charge in [0.25, 0.3) is 0 Å². The van der Waals surface area contributed by atoms with Crippen LogP contribution in [0.15, 0.2) is 30.3 Å². The number of carbonyl (C=O) groups is 2. The van der Waals surface area contributed by atoms with Crippen LogP contribution in [0.1, 0.15) is 27.2 Å². The van der Waals surface area contributed by atoms with Gasteiger partial charge in [-0.05, 0) is 32.9 Å². The van der Waals surface area contributed by atoms with Crippen molar-refractivity contribution < 1.29 is 9.59 Å². The molecule has 4 heteroatoms. The first-order valence-electron chi connectivity index (χ1n) is 7.20. The van der Waals surface area contributed by atoms with E-state index >= 15 is 0 Å². The van der Waals surface area contributed by atoms with Gasteiger partial charge in [0.05, 0.1) is 5.92 Å². The first kappa shape index (κ1) is 14.6. The van der Waals surface area contributed by atoms with Crippen LogP contribution in [-0.4, -0.2) is 35.8 Å². The van der Waals surface area contributed by atoms with Crippen molar-refractivity contribution >= 4 is 17.5 Å². The van der Waals surface area contributed by atoms with Crippen molar-refractivity contribution in [1.82, 2.24) is 4.90 Å². The lowest BCUT2D eigenvalue weighted by Gasteiger charge is -2.25. The predicted octanol–water partition coefficient (Wildman–Crippen LogP) is 2.30. The van der Waals surface area contributed by atoms with Crippen molar-refractivity contribution in [3.8, 4) is 0 Å². The number of likely N-dealkylation sites (tertiary alicyclic amines) is 1. The molecule has 0 unspecified atom stereocenters. The van der Waals surface area contributed by atoms with Gasteiger partial charge in [-0.3, -0.25) is 9.59 Å². The predicted molar refractivity (Wildman–Crippen MR) is 79.4 cm³/mol. The molecule has 108 valence electrons. The van der Waals surface area contributed by atoms with Crippen LogP contribution >= 0.6 is 0 Å². The highest BCUT2D eigenvalue weighted by atomic mass is 16.2. The van der Waals surface area contributed by atoms with Crippen LogP contribution in [-0.2, 0) is 9.59 Å². The van der Waals surface area contributed by atoms with Crippen LogP contribution in [0.3, 0.4) is 0 Å². The molecule has 1 atom stereocenters. The summed E-state index contributed by atoms with van der Waals surface area (Å²) in [6.45, 7) is 7.09. The minimum absolute atomic E-state index is 0.0511. The van der Waals surface area contributed by atoms with Gasteiger partial charge in [-0.1, -0.05) is 18.2 Å². The van der Waals surface area contributed by atoms with E-state index in [0.29, 0.717) is 19.5 Å². The van der Waals surface area contributed by atoms with Crippen molar-refractivity contribution in [3.63, 3.8) is 0 Å². The Morgan fingerprint density at radius 1 is 1.35 bits per heavy atom. The Hall–Kier alpha value is -1.84. The highest BCUT2D eigenvalue weighted by Gasteiger charge is 2.37. The van der Waals surface area contributed by atoms with E-state index in [4.69, 9.17) is 0 Å². The summed E-state index contributed by atoms with van der Waals surface area (Å²) in [7, 11) is 0. The van der Waals surface area contributed by atoms with Crippen LogP contribution in [0.25, 0.3) is 0 Å². The number of hydrogen-bond donors (Lipinski definition) is 0. The number of amides is 2. The third kappa shape index (κ3) is 2.84. The number of benzene rings is 1. The summed E-state index contributed by atoms with van der Waals surface area (Å²) in [5.41, 5.74) is 0.899. The van der Waals surface area contributed by atoms with Crippen molar-refractivity contribution in [1.29, 1.82) is 0 Å². The summed E-state index contributed by atoms with van der Waals surface area (Å²) in [5.74, 6) is -0.0808. The van der Waals surface area contributed by atoms with Gasteiger partial charge >= 0.3 is 0 Å². The zero-order chi connectivity index (χ0) is 14.7. The van der Waals surface area contributed by atoms with Gasteiger partial charge in [0, 0.05) is 31.2 Å². The molecule has 1 aromatic rings. The Labute approximate surface area is 120 Å². The Kier molecular flexibility index (Phi) is 4.42. The Balaban J connectivity index is 2.13. The SMILES string of the molecule is CCN(C(=O)[C@@H]1CC(=O)N(C(C)C)C1)c1ccccc1. The molecule has 2 amide bonds. The van der Waals surface area contributed by atoms with Gasteiger partial charge in [0.1, 0.15) is 0 Å². The number of rotatable bonds is 4. The van der Waals surface area contributed by atoms with Crippen molar-refractivity contribution in [2.45, 2.75) is 33.2 Å². The second-order valence-corrected chi connectivity index (χ2v) is 5.46. The quantitative estimate of drug-likeness (QED) is 0.845. The van der Waals surface area contributed by atoms with Gasteiger partial charge in [0.2, 0.25) is 11.8 Å². The van der Waals surface area contributed by atoms with E-state index in [9.17, 15) is 9.59 Å². The first-order valence-corrected chi connectivity index (χ1v) is 7.20. The molecular weight excluding hydrogens is 252 g/mol. The van der Waals surface area contributed by atoms with Crippen molar-refractivity contribution in [2.75, 3.05) is 18.0 Å². The van der Waals surface area contributed by atoms with Crippen LogP contribution in [0.4, 0.5) is 5.69 Å². The van der Waals surface area contributed by atoms with Crippen molar-refractivity contribution in [2.24, 2.45) is 5.92 Å². The lowest BCUT2D eigenvalue weighted by atomic mass is 10.1. The topological polar surface area (TPSA) is 40.6 Å². The third-order valence-electron chi connectivity index (χ3n) is 3.78. The Morgan fingerprint density at radius 3 is 2.50 bits per heavy atom. The maximum atomic E-state index is 12.6. The number of hydrogen-bond acceptors (Lipinski definition) is 2. The number of carbonyl (C=O) groups excluding carboxylic acids is 2. The van der Waals surface area contributed by atoms with E-state index in [2.05, 4.69) is 0 Å². The maximum Gasteiger partial charge on any atom is 0.232 e. The van der Waals surface area contributed by atoms with E-state index in [-0.39, 0.29) is 23.8 Å². The summed E-state index contributed by atoms with van der Waals surface area (Å²) in [5, 5.41) is 0. The van der Waals surface area contributed by atoms with Gasteiger partial charge in [0.15, 0.2) is 0 Å². The Bertz CT molecular complexity index is 485. The average Bonchev–Trinajstić information content (AvgIpc) is 2.83. The Morgan fingerprint density at radius 2 is 2.00 bits per heavy atom. The second-order valence-electron chi connectivity index (χ2n) is 5.46. The molecule has 0 aromatic heterocycles. The molecule has 1 fully saturated rings. The largest absolute Gasteiger partial charge is 0.339 e. The molecular formula is C16H22N2O2. The highest BCUT2D eigenvalue weighted by Crippen LogP contribution is 2.24. The van der Waals surface area contributed by atoms with E-state index in [1.807, 2.05) is 51.1 Å². The monoisotopic (exact) mass is 274 g/mol. The summed E-state index contributed by atoms with van der Waals surface area (Å²) < 4.78 is 0. The van der Waals surface area contributed by atoms with Crippen LogP contribution < -0.4 is 4.90 Å². The lowest BCUT2D eigenvalue weighted by molar-refractivity contribution is -0.129. The number of nitrogens with zero attached hydrogens (tertiary/aromatic N) is 2. The van der Waals surface area contributed by atoms with E-state index in [1.165, 1.54) is 0 Å². The smallest absolute Gasteiger partial charge is 0.232 e. The molecule has 1 saturated heterocycles. The molecule has 2 rings (SSSR count). The van der Waals surface area contributed by atoms with Crippen LogP contribution in [0.2, 0.25) is 0 Å². The van der Waals surface area contributed by atoms with Gasteiger partial charge in [-0.15, -0.1) is 0 Å².